The van der Waals surface area contributed by atoms with Crippen LogP contribution in [0.1, 0.15) is 78.6 Å². The summed E-state index contributed by atoms with van der Waals surface area (Å²) in [5, 5.41) is 9.69. The maximum absolute atomic E-state index is 12.2. The van der Waals surface area contributed by atoms with E-state index >= 15 is 0 Å². The van der Waals surface area contributed by atoms with E-state index in [1.54, 1.807) is 0 Å². The van der Waals surface area contributed by atoms with Gasteiger partial charge in [0.05, 0.1) is 11.3 Å². The van der Waals surface area contributed by atoms with Crippen LogP contribution in [0.15, 0.2) is 23.3 Å². The second-order valence-electron chi connectivity index (χ2n) is 7.96. The number of carboxylic acid groups (broad SMARTS) is 1. The summed E-state index contributed by atoms with van der Waals surface area (Å²) in [6, 6.07) is 0. The quantitative estimate of drug-likeness (QED) is 0.296. The highest BCUT2D eigenvalue weighted by atomic mass is 16.5. The van der Waals surface area contributed by atoms with Crippen LogP contribution in [0.5, 0.6) is 0 Å². The van der Waals surface area contributed by atoms with E-state index in [2.05, 4.69) is 19.9 Å². The smallest absolute Gasteiger partial charge is 0.341 e. The highest BCUT2D eigenvalue weighted by molar-refractivity contribution is 6.00. The Morgan fingerprint density at radius 3 is 2.72 bits per heavy atom. The van der Waals surface area contributed by atoms with E-state index in [0.717, 1.165) is 55.2 Å². The Balaban J connectivity index is 1.97. The molecule has 1 aliphatic carbocycles. The van der Waals surface area contributed by atoms with Crippen LogP contribution in [-0.2, 0) is 29.0 Å². The van der Waals surface area contributed by atoms with Crippen LogP contribution in [0, 0.1) is 12.8 Å². The second kappa shape index (κ2) is 8.85. The van der Waals surface area contributed by atoms with Crippen LogP contribution < -0.4 is 5.73 Å². The lowest BCUT2D eigenvalue weighted by atomic mass is 9.87. The number of nitrogen functional groups attached to an aromatic ring is 1. The van der Waals surface area contributed by atoms with E-state index in [9.17, 15) is 14.7 Å². The van der Waals surface area contributed by atoms with Crippen LogP contribution in [-0.4, -0.2) is 17.0 Å². The summed E-state index contributed by atoms with van der Waals surface area (Å²) in [4.78, 5) is 24.0. The summed E-state index contributed by atoms with van der Waals surface area (Å²) in [5.74, 6) is -1.18. The van der Waals surface area contributed by atoms with Crippen molar-refractivity contribution < 1.29 is 19.4 Å². The molecule has 1 atom stereocenters. The number of carbonyl (C=O) groups excluding carboxylic acids is 1. The van der Waals surface area contributed by atoms with Gasteiger partial charge in [-0.3, -0.25) is 0 Å². The molecule has 5 nitrogen and oxygen atoms in total. The summed E-state index contributed by atoms with van der Waals surface area (Å²) < 4.78 is 5.22. The van der Waals surface area contributed by atoms with Gasteiger partial charge in [0.2, 0.25) is 0 Å². The third-order valence-corrected chi connectivity index (χ3v) is 6.32. The Morgan fingerprint density at radius 2 is 2.07 bits per heavy atom. The standard InChI is InChI=1S/C24H31NO4/c1-4-6-9-19(23(26)27)17-10-7-8-15(17)11-12-18-16(5-2)14(3)20-13-29-24(28)21(20)22(18)25/h9,11,17H,4-8,10,12-13,25H2,1-3H3,(H,26,27)/b15-11?,19-9+. The molecule has 0 saturated heterocycles. The van der Waals surface area contributed by atoms with Crippen LogP contribution in [0.4, 0.5) is 5.69 Å². The van der Waals surface area contributed by atoms with Crippen molar-refractivity contribution in [2.75, 3.05) is 5.73 Å². The normalized spacial score (nSPS) is 20.2. The molecule has 0 aromatic heterocycles. The van der Waals surface area contributed by atoms with Gasteiger partial charge in [-0.2, -0.15) is 0 Å². The van der Waals surface area contributed by atoms with Crippen molar-refractivity contribution in [2.45, 2.75) is 72.3 Å². The third kappa shape index (κ3) is 3.96. The number of unbranched alkanes of at least 4 members (excludes halogenated alkanes) is 1. The molecule has 1 aromatic rings. The van der Waals surface area contributed by atoms with Gasteiger partial charge in [-0.15, -0.1) is 0 Å². The number of benzene rings is 1. The number of allylic oxidation sites excluding steroid dienone is 3. The van der Waals surface area contributed by atoms with Gasteiger partial charge in [0.1, 0.15) is 6.61 Å². The van der Waals surface area contributed by atoms with Crippen LogP contribution >= 0.6 is 0 Å². The Kier molecular flexibility index (Phi) is 6.46. The van der Waals surface area contributed by atoms with Crippen molar-refractivity contribution in [3.05, 3.63) is 51.1 Å². The van der Waals surface area contributed by atoms with E-state index in [4.69, 9.17) is 10.5 Å². The lowest BCUT2D eigenvalue weighted by Gasteiger charge is -2.18. The topological polar surface area (TPSA) is 89.6 Å². The van der Waals surface area contributed by atoms with Crippen molar-refractivity contribution >= 4 is 17.6 Å². The third-order valence-electron chi connectivity index (χ3n) is 6.32. The van der Waals surface area contributed by atoms with E-state index in [-0.39, 0.29) is 11.9 Å². The van der Waals surface area contributed by atoms with Crippen molar-refractivity contribution in [3.63, 3.8) is 0 Å². The van der Waals surface area contributed by atoms with Gasteiger partial charge in [0, 0.05) is 17.1 Å². The highest BCUT2D eigenvalue weighted by Crippen LogP contribution is 2.39. The number of hydrogen-bond donors (Lipinski definition) is 2. The molecule has 0 spiro atoms. The lowest BCUT2D eigenvalue weighted by molar-refractivity contribution is -0.133. The molecule has 0 bridgehead atoms. The minimum atomic E-state index is -0.818. The number of hydrogen-bond acceptors (Lipinski definition) is 4. The van der Waals surface area contributed by atoms with Crippen molar-refractivity contribution in [2.24, 2.45) is 5.92 Å². The Hall–Kier alpha value is -2.56. The molecule has 1 aromatic carbocycles. The Bertz CT molecular complexity index is 895. The number of carbonyl (C=O) groups is 2. The first kappa shape index (κ1) is 21.2. The predicted octanol–water partition coefficient (Wildman–Crippen LogP) is 4.89. The van der Waals surface area contributed by atoms with Gasteiger partial charge in [-0.1, -0.05) is 38.0 Å². The molecule has 1 heterocycles. The zero-order valence-electron chi connectivity index (χ0n) is 17.6. The lowest BCUT2D eigenvalue weighted by Crippen LogP contribution is -2.12. The first-order chi connectivity index (χ1) is 13.9. The number of rotatable bonds is 7. The number of fused-ring (bicyclic) bond motifs is 1. The van der Waals surface area contributed by atoms with Gasteiger partial charge >= 0.3 is 11.9 Å². The highest BCUT2D eigenvalue weighted by Gasteiger charge is 2.31. The van der Waals surface area contributed by atoms with Gasteiger partial charge in [-0.25, -0.2) is 9.59 Å². The van der Waals surface area contributed by atoms with E-state index < -0.39 is 5.97 Å². The number of aliphatic carboxylic acids is 1. The maximum atomic E-state index is 12.2. The molecule has 3 rings (SSSR count). The van der Waals surface area contributed by atoms with Crippen LogP contribution in [0.3, 0.4) is 0 Å². The molecule has 29 heavy (non-hydrogen) atoms. The number of nitrogens with two attached hydrogens (primary N) is 1. The van der Waals surface area contributed by atoms with E-state index in [0.29, 0.717) is 29.9 Å². The predicted molar refractivity (Wildman–Crippen MR) is 114 cm³/mol. The van der Waals surface area contributed by atoms with Crippen LogP contribution in [0.2, 0.25) is 0 Å². The Morgan fingerprint density at radius 1 is 1.31 bits per heavy atom. The minimum absolute atomic E-state index is 0.0224. The molecular weight excluding hydrogens is 366 g/mol. The fourth-order valence-corrected chi connectivity index (χ4v) is 4.79. The average molecular weight is 398 g/mol. The van der Waals surface area contributed by atoms with Gasteiger partial charge in [-0.05, 0) is 62.1 Å². The summed E-state index contributed by atoms with van der Waals surface area (Å²) >= 11 is 0. The zero-order chi connectivity index (χ0) is 21.1. The molecule has 1 aliphatic heterocycles. The van der Waals surface area contributed by atoms with Crippen molar-refractivity contribution in [3.8, 4) is 0 Å². The zero-order valence-corrected chi connectivity index (χ0v) is 17.6. The average Bonchev–Trinajstić information content (AvgIpc) is 3.30. The van der Waals surface area contributed by atoms with Crippen molar-refractivity contribution in [1.82, 2.24) is 0 Å². The van der Waals surface area contributed by atoms with Gasteiger partial charge < -0.3 is 15.6 Å². The monoisotopic (exact) mass is 397 g/mol. The summed E-state index contributed by atoms with van der Waals surface area (Å²) in [7, 11) is 0. The molecule has 156 valence electrons. The number of carboxylic acids is 1. The fraction of sp³-hybridized carbons (Fsp3) is 0.500. The molecule has 1 fully saturated rings. The summed E-state index contributed by atoms with van der Waals surface area (Å²) in [5.41, 5.74) is 13.3. The first-order valence-electron chi connectivity index (χ1n) is 10.6. The minimum Gasteiger partial charge on any atom is -0.478 e. The Labute approximate surface area is 172 Å². The van der Waals surface area contributed by atoms with Gasteiger partial charge in [0.25, 0.3) is 0 Å². The molecule has 2 aliphatic rings. The number of anilines is 1. The molecular formula is C24H31NO4. The van der Waals surface area contributed by atoms with Gasteiger partial charge in [0.15, 0.2) is 0 Å². The number of cyclic esters (lactones) is 1. The maximum Gasteiger partial charge on any atom is 0.341 e. The van der Waals surface area contributed by atoms with E-state index in [1.165, 1.54) is 11.1 Å². The first-order valence-corrected chi connectivity index (χ1v) is 10.6. The second-order valence-corrected chi connectivity index (χ2v) is 7.96. The summed E-state index contributed by atoms with van der Waals surface area (Å²) in [6.07, 6.45) is 9.98. The molecule has 5 heteroatoms. The largest absolute Gasteiger partial charge is 0.478 e. The molecule has 1 unspecified atom stereocenters. The fourth-order valence-electron chi connectivity index (χ4n) is 4.79. The SMILES string of the molecule is CCC/C=C(/C(=O)O)C1CCCC1=CCc1c(N)c2c(c(C)c1CC)COC2=O. The molecule has 1 saturated carbocycles. The molecule has 3 N–H and O–H groups in total. The number of esters is 1. The summed E-state index contributed by atoms with van der Waals surface area (Å²) in [6.45, 7) is 6.48. The van der Waals surface area contributed by atoms with Crippen LogP contribution in [0.25, 0.3) is 0 Å². The van der Waals surface area contributed by atoms with E-state index in [1.807, 2.05) is 13.0 Å². The molecule has 0 amide bonds. The molecule has 0 radical (unpaired) electrons. The van der Waals surface area contributed by atoms with Crippen molar-refractivity contribution in [1.29, 1.82) is 0 Å². The number of ether oxygens (including phenoxy) is 1.